The van der Waals surface area contributed by atoms with E-state index in [9.17, 15) is 0 Å². The van der Waals surface area contributed by atoms with Gasteiger partial charge in [-0.3, -0.25) is 0 Å². The fraction of sp³-hybridized carbons (Fsp3) is 1.00. The number of hydrogen-bond donors (Lipinski definition) is 1. The lowest BCUT2D eigenvalue weighted by atomic mass is 9.50. The molecule has 118 valence electrons. The molecule has 0 bridgehead atoms. The molecule has 1 heteroatoms. The first-order chi connectivity index (χ1) is 10.4. The van der Waals surface area contributed by atoms with E-state index in [1.54, 1.807) is 44.9 Å². The lowest BCUT2D eigenvalue weighted by Crippen LogP contribution is -2.64. The summed E-state index contributed by atoms with van der Waals surface area (Å²) in [5.74, 6) is 6.59. The number of piperidine rings is 1. The monoisotopic (exact) mass is 287 g/mol. The van der Waals surface area contributed by atoms with Crippen LogP contribution in [0.4, 0.5) is 0 Å². The minimum absolute atomic E-state index is 0.910. The summed E-state index contributed by atoms with van der Waals surface area (Å²) in [4.78, 5) is 0. The summed E-state index contributed by atoms with van der Waals surface area (Å²) >= 11 is 0. The largest absolute Gasteiger partial charge is 0.311 e. The molecule has 0 aromatic rings. The highest BCUT2D eigenvalue weighted by Crippen LogP contribution is 2.56. The first-order valence-electron chi connectivity index (χ1n) is 10.2. The molecule has 0 amide bonds. The molecule has 21 heavy (non-hydrogen) atoms. The van der Waals surface area contributed by atoms with E-state index in [0.717, 1.165) is 47.6 Å². The summed E-state index contributed by atoms with van der Waals surface area (Å²) in [6.45, 7) is 0. The Labute approximate surface area is 130 Å². The molecule has 8 atom stereocenters. The van der Waals surface area contributed by atoms with Crippen molar-refractivity contribution in [2.24, 2.45) is 35.5 Å². The normalized spacial score (nSPS) is 56.0. The molecule has 1 aliphatic heterocycles. The standard InChI is InChI=1S/C20H33N/c1-2-8-15-13(5-1)11-12-18-20(15)16-9-3-6-14-7-4-10-17(21-18)19(14)16/h13-21H,1-12H2. The Kier molecular flexibility index (Phi) is 3.35. The Morgan fingerprint density at radius 1 is 0.476 bits per heavy atom. The van der Waals surface area contributed by atoms with Crippen LogP contribution in [0.1, 0.15) is 77.0 Å². The van der Waals surface area contributed by atoms with E-state index in [4.69, 9.17) is 0 Å². The van der Waals surface area contributed by atoms with Gasteiger partial charge in [0.05, 0.1) is 0 Å². The second kappa shape index (κ2) is 5.25. The summed E-state index contributed by atoms with van der Waals surface area (Å²) in [5.41, 5.74) is 0. The molecule has 5 aliphatic rings. The molecule has 0 aromatic carbocycles. The van der Waals surface area contributed by atoms with E-state index in [-0.39, 0.29) is 0 Å². The third-order valence-electron chi connectivity index (χ3n) is 8.40. The summed E-state index contributed by atoms with van der Waals surface area (Å²) in [7, 11) is 0. The molecule has 1 nitrogen and oxygen atoms in total. The van der Waals surface area contributed by atoms with Gasteiger partial charge in [-0.25, -0.2) is 0 Å². The van der Waals surface area contributed by atoms with Crippen molar-refractivity contribution in [3.05, 3.63) is 0 Å². The van der Waals surface area contributed by atoms with Gasteiger partial charge in [-0.1, -0.05) is 44.9 Å². The van der Waals surface area contributed by atoms with Crippen molar-refractivity contribution in [2.45, 2.75) is 89.1 Å². The van der Waals surface area contributed by atoms with Crippen molar-refractivity contribution in [1.29, 1.82) is 0 Å². The van der Waals surface area contributed by atoms with Crippen LogP contribution in [0.25, 0.3) is 0 Å². The van der Waals surface area contributed by atoms with Gasteiger partial charge in [-0.15, -0.1) is 0 Å². The highest BCUT2D eigenvalue weighted by Gasteiger charge is 2.54. The number of rotatable bonds is 0. The van der Waals surface area contributed by atoms with E-state index in [2.05, 4.69) is 5.32 Å². The van der Waals surface area contributed by atoms with Crippen molar-refractivity contribution in [2.75, 3.05) is 0 Å². The molecular weight excluding hydrogens is 254 g/mol. The van der Waals surface area contributed by atoms with E-state index in [1.807, 2.05) is 0 Å². The molecule has 1 saturated heterocycles. The summed E-state index contributed by atoms with van der Waals surface area (Å²) in [6, 6.07) is 1.82. The molecule has 4 saturated carbocycles. The van der Waals surface area contributed by atoms with Crippen LogP contribution in [-0.4, -0.2) is 12.1 Å². The zero-order chi connectivity index (χ0) is 13.8. The van der Waals surface area contributed by atoms with E-state index in [0.29, 0.717) is 0 Å². The molecule has 1 N–H and O–H groups in total. The average Bonchev–Trinajstić information content (AvgIpc) is 2.55. The quantitative estimate of drug-likeness (QED) is 0.677. The van der Waals surface area contributed by atoms with Crippen LogP contribution in [0.3, 0.4) is 0 Å². The van der Waals surface area contributed by atoms with Crippen molar-refractivity contribution < 1.29 is 0 Å². The topological polar surface area (TPSA) is 12.0 Å². The molecule has 0 spiro atoms. The Balaban J connectivity index is 1.47. The maximum atomic E-state index is 4.22. The van der Waals surface area contributed by atoms with Gasteiger partial charge in [0, 0.05) is 12.1 Å². The van der Waals surface area contributed by atoms with Gasteiger partial charge in [0.1, 0.15) is 0 Å². The van der Waals surface area contributed by atoms with Gasteiger partial charge in [-0.2, -0.15) is 0 Å². The van der Waals surface area contributed by atoms with Gasteiger partial charge in [-0.05, 0) is 67.6 Å². The van der Waals surface area contributed by atoms with Crippen LogP contribution in [0.5, 0.6) is 0 Å². The zero-order valence-electron chi connectivity index (χ0n) is 13.6. The number of hydrogen-bond acceptors (Lipinski definition) is 1. The van der Waals surface area contributed by atoms with Crippen molar-refractivity contribution in [3.8, 4) is 0 Å². The van der Waals surface area contributed by atoms with E-state index >= 15 is 0 Å². The third-order valence-corrected chi connectivity index (χ3v) is 8.40. The highest BCUT2D eigenvalue weighted by molar-refractivity contribution is 5.07. The lowest BCUT2D eigenvalue weighted by molar-refractivity contribution is -0.0791. The van der Waals surface area contributed by atoms with Crippen LogP contribution < -0.4 is 5.32 Å². The molecule has 5 rings (SSSR count). The minimum Gasteiger partial charge on any atom is -0.311 e. The third kappa shape index (κ3) is 2.06. The highest BCUT2D eigenvalue weighted by atomic mass is 15.0. The van der Waals surface area contributed by atoms with E-state index in [1.165, 1.54) is 32.1 Å². The fourth-order valence-corrected chi connectivity index (χ4v) is 7.82. The van der Waals surface area contributed by atoms with Crippen LogP contribution in [0.2, 0.25) is 0 Å². The second-order valence-electron chi connectivity index (χ2n) is 9.11. The van der Waals surface area contributed by atoms with Crippen molar-refractivity contribution in [3.63, 3.8) is 0 Å². The molecule has 0 aromatic heterocycles. The maximum Gasteiger partial charge on any atom is 0.0104 e. The van der Waals surface area contributed by atoms with Crippen molar-refractivity contribution >= 4 is 0 Å². The van der Waals surface area contributed by atoms with Gasteiger partial charge in [0.2, 0.25) is 0 Å². The molecule has 8 unspecified atom stereocenters. The Hall–Kier alpha value is -0.0400. The molecule has 1 heterocycles. The number of fused-ring (bicyclic) bond motifs is 4. The zero-order valence-corrected chi connectivity index (χ0v) is 13.6. The van der Waals surface area contributed by atoms with Gasteiger partial charge in [0.25, 0.3) is 0 Å². The smallest absolute Gasteiger partial charge is 0.0104 e. The van der Waals surface area contributed by atoms with Crippen LogP contribution in [-0.2, 0) is 0 Å². The van der Waals surface area contributed by atoms with E-state index < -0.39 is 0 Å². The Morgan fingerprint density at radius 2 is 1.19 bits per heavy atom. The van der Waals surface area contributed by atoms with Gasteiger partial charge < -0.3 is 5.32 Å². The Bertz CT molecular complexity index is 389. The predicted molar refractivity (Wildman–Crippen MR) is 87.1 cm³/mol. The average molecular weight is 287 g/mol. The van der Waals surface area contributed by atoms with Crippen LogP contribution in [0.15, 0.2) is 0 Å². The van der Waals surface area contributed by atoms with Crippen LogP contribution in [0, 0.1) is 35.5 Å². The number of nitrogens with one attached hydrogen (secondary N) is 1. The molecule has 4 aliphatic carbocycles. The molecule has 5 fully saturated rings. The van der Waals surface area contributed by atoms with Gasteiger partial charge >= 0.3 is 0 Å². The summed E-state index contributed by atoms with van der Waals surface area (Å²) in [6.07, 6.45) is 18.5. The first kappa shape index (κ1) is 13.4. The minimum atomic E-state index is 0.910. The molecule has 0 radical (unpaired) electrons. The summed E-state index contributed by atoms with van der Waals surface area (Å²) in [5, 5.41) is 4.22. The summed E-state index contributed by atoms with van der Waals surface area (Å²) < 4.78 is 0. The first-order valence-corrected chi connectivity index (χ1v) is 10.2. The molecular formula is C20H33N. The second-order valence-corrected chi connectivity index (χ2v) is 9.11. The van der Waals surface area contributed by atoms with Crippen LogP contribution >= 0.6 is 0 Å². The maximum absolute atomic E-state index is 4.22. The predicted octanol–water partition coefficient (Wildman–Crippen LogP) is 4.76. The lowest BCUT2D eigenvalue weighted by Gasteiger charge is -2.60. The van der Waals surface area contributed by atoms with Gasteiger partial charge in [0.15, 0.2) is 0 Å². The Morgan fingerprint density at radius 3 is 2.14 bits per heavy atom. The fourth-order valence-electron chi connectivity index (χ4n) is 7.82. The SMILES string of the molecule is C1CCC2C(C1)CCC1NC3CCCC4CCCC(C43)C12. The van der Waals surface area contributed by atoms with Crippen molar-refractivity contribution in [1.82, 2.24) is 5.32 Å².